The molecule has 8 amide bonds. The molecule has 0 bridgehead atoms. The van der Waals surface area contributed by atoms with Crippen LogP contribution in [-0.4, -0.2) is 121 Å². The first-order valence-corrected chi connectivity index (χ1v) is 23.4. The van der Waals surface area contributed by atoms with E-state index in [0.717, 1.165) is 22.9 Å². The van der Waals surface area contributed by atoms with Crippen LogP contribution < -0.4 is 43.8 Å². The number of para-hydroxylation sites is 1. The van der Waals surface area contributed by atoms with Crippen LogP contribution in [0.5, 0.6) is 0 Å². The molecule has 2 aliphatic heterocycles. The Hall–Kier alpha value is -6.90. The number of nitrogens with two attached hydrogens (primary N) is 3. The predicted molar refractivity (Wildman–Crippen MR) is 255 cm³/mol. The molecule has 2 saturated heterocycles. The summed E-state index contributed by atoms with van der Waals surface area (Å²) in [5.74, 6) is -6.75. The number of hydrogen-bond acceptors (Lipinski definition) is 11. The summed E-state index contributed by atoms with van der Waals surface area (Å²) in [6.45, 7) is 3.60. The summed E-state index contributed by atoms with van der Waals surface area (Å²) in [4.78, 5) is 113. The molecule has 2 fully saturated rings. The molecule has 21 nitrogen and oxygen atoms in total. The number of aromatic nitrogens is 4. The average molecular weight is 1010 g/mol. The monoisotopic (exact) mass is 1010 g/mol. The fourth-order valence-corrected chi connectivity index (χ4v) is 8.56. The van der Waals surface area contributed by atoms with E-state index in [1.54, 1.807) is 30.9 Å². The van der Waals surface area contributed by atoms with Crippen molar-refractivity contribution in [3.8, 4) is 0 Å². The summed E-state index contributed by atoms with van der Waals surface area (Å²) in [5.41, 5.74) is 20.3. The summed E-state index contributed by atoms with van der Waals surface area (Å²) < 4.78 is 1.59. The smallest absolute Gasteiger partial charge is 0.370 e. The SMILES string of the molecule is C1=CCC=C1.CC[C@H](C)[C@@H]1NC(=O)[C@H](CC(N)=O)NC(=O)[C@@H](N)CC(=O)NCCCC[C@@H](C(N)=O)NC(=O)[C@H](Cc2c[nH]c3ccccc23)NC(=O)[C@@H]2C[C@H](n3cc(C4=CC=CC4)nn3)CN2C1=O.[Fe+2]. The van der Waals surface area contributed by atoms with Crippen LogP contribution in [0.1, 0.15) is 88.9 Å². The Bertz CT molecular complexity index is 2510. The van der Waals surface area contributed by atoms with E-state index in [2.05, 4.69) is 66.2 Å². The third-order valence-electron chi connectivity index (χ3n) is 12.7. The molecule has 22 heteroatoms. The zero-order chi connectivity index (χ0) is 49.6. The molecule has 2 aromatic heterocycles. The van der Waals surface area contributed by atoms with E-state index in [-0.39, 0.29) is 49.4 Å². The van der Waals surface area contributed by atoms with Crippen LogP contribution in [0.4, 0.5) is 0 Å². The van der Waals surface area contributed by atoms with E-state index in [1.165, 1.54) is 4.90 Å². The minimum absolute atomic E-state index is 0. The van der Waals surface area contributed by atoms with E-state index in [1.807, 2.05) is 42.5 Å². The molecule has 4 aliphatic rings. The van der Waals surface area contributed by atoms with Gasteiger partial charge in [0, 0.05) is 43.0 Å². The summed E-state index contributed by atoms with van der Waals surface area (Å²) in [5, 5.41) is 22.9. The molecule has 0 spiro atoms. The van der Waals surface area contributed by atoms with Crippen molar-refractivity contribution in [3.05, 3.63) is 90.4 Å². The van der Waals surface area contributed by atoms with Crippen molar-refractivity contribution >= 4 is 63.7 Å². The van der Waals surface area contributed by atoms with Crippen LogP contribution in [0.2, 0.25) is 0 Å². The maximum absolute atomic E-state index is 14.9. The molecule has 0 radical (unpaired) electrons. The number of fused-ring (bicyclic) bond motifs is 2. The van der Waals surface area contributed by atoms with Crippen molar-refractivity contribution in [1.82, 2.24) is 51.5 Å². The van der Waals surface area contributed by atoms with Gasteiger partial charge in [0.25, 0.3) is 0 Å². The van der Waals surface area contributed by atoms with Crippen LogP contribution in [-0.2, 0) is 61.8 Å². The second-order valence-electron chi connectivity index (χ2n) is 17.7. The van der Waals surface area contributed by atoms with Gasteiger partial charge in [0.05, 0.1) is 31.1 Å². The van der Waals surface area contributed by atoms with E-state index in [4.69, 9.17) is 17.2 Å². The molecule has 0 unspecified atom stereocenters. The van der Waals surface area contributed by atoms with Crippen LogP contribution in [0, 0.1) is 5.92 Å². The van der Waals surface area contributed by atoms with E-state index in [9.17, 15) is 38.4 Å². The van der Waals surface area contributed by atoms with Gasteiger partial charge in [0.1, 0.15) is 35.9 Å². The van der Waals surface area contributed by atoms with Gasteiger partial charge in [0.15, 0.2) is 0 Å². The number of nitrogens with zero attached hydrogens (tertiary/aromatic N) is 4. The first-order chi connectivity index (χ1) is 33.1. The molecule has 8 atom stereocenters. The van der Waals surface area contributed by atoms with Gasteiger partial charge in [-0.05, 0) is 55.2 Å². The minimum Gasteiger partial charge on any atom is -0.370 e. The number of nitrogens with one attached hydrogen (secondary N) is 6. The normalized spacial score (nSPS) is 25.3. The van der Waals surface area contributed by atoms with Crippen molar-refractivity contribution in [2.24, 2.45) is 23.1 Å². The Morgan fingerprint density at radius 1 is 0.886 bits per heavy atom. The van der Waals surface area contributed by atoms with Crippen molar-refractivity contribution in [1.29, 1.82) is 0 Å². The Labute approximate surface area is 416 Å². The number of carbonyl (C=O) groups excluding carboxylic acids is 8. The fraction of sp³-hybridized carbons (Fsp3) is 0.458. The molecule has 7 rings (SSSR count). The Balaban J connectivity index is 0.00000143. The van der Waals surface area contributed by atoms with Crippen molar-refractivity contribution in [2.45, 2.75) is 120 Å². The van der Waals surface area contributed by atoms with Gasteiger partial charge in [-0.2, -0.15) is 0 Å². The second-order valence-corrected chi connectivity index (χ2v) is 17.7. The van der Waals surface area contributed by atoms with Gasteiger partial charge < -0.3 is 53.7 Å². The van der Waals surface area contributed by atoms with Gasteiger partial charge in [-0.15, -0.1) is 5.10 Å². The first-order valence-electron chi connectivity index (χ1n) is 23.4. The summed E-state index contributed by atoms with van der Waals surface area (Å²) in [7, 11) is 0. The number of hydrogen-bond donors (Lipinski definition) is 9. The third-order valence-corrected chi connectivity index (χ3v) is 12.7. The van der Waals surface area contributed by atoms with Crippen LogP contribution >= 0.6 is 0 Å². The molecule has 4 heterocycles. The molecule has 2 aliphatic carbocycles. The van der Waals surface area contributed by atoms with Crippen LogP contribution in [0.25, 0.3) is 16.5 Å². The third kappa shape index (κ3) is 14.3. The van der Waals surface area contributed by atoms with Crippen molar-refractivity contribution in [2.75, 3.05) is 13.1 Å². The Kier molecular flexibility index (Phi) is 19.8. The zero-order valence-electron chi connectivity index (χ0n) is 39.3. The number of carbonyl (C=O) groups is 8. The molecule has 12 N–H and O–H groups in total. The van der Waals surface area contributed by atoms with Crippen LogP contribution in [0.3, 0.4) is 0 Å². The molecule has 374 valence electrons. The quantitative estimate of drug-likeness (QED) is 0.132. The average Bonchev–Trinajstić information content (AvgIpc) is 4.19. The number of amides is 8. The Morgan fingerprint density at radius 3 is 2.29 bits per heavy atom. The maximum atomic E-state index is 14.9. The van der Waals surface area contributed by atoms with Crippen LogP contribution in [0.15, 0.2) is 79.2 Å². The van der Waals surface area contributed by atoms with Gasteiger partial charge in [0.2, 0.25) is 47.3 Å². The molecule has 70 heavy (non-hydrogen) atoms. The molecule has 0 saturated carbocycles. The van der Waals surface area contributed by atoms with Gasteiger partial charge >= 0.3 is 17.1 Å². The first kappa shape index (κ1) is 54.0. The largest absolute Gasteiger partial charge is 2.00 e. The number of benzene rings is 1. The van der Waals surface area contributed by atoms with Gasteiger partial charge in [-0.3, -0.25) is 38.4 Å². The number of H-pyrrole nitrogens is 1. The summed E-state index contributed by atoms with van der Waals surface area (Å²) in [6, 6.07) is -1.06. The van der Waals surface area contributed by atoms with E-state index in [0.29, 0.717) is 36.9 Å². The van der Waals surface area contributed by atoms with E-state index < -0.39 is 108 Å². The molecular formula is C48H63FeN13O8+2. The standard InChI is InChI=1S/C43H57N13O8.C5H6.Fe/c1-3-23(2)37-43(64)55-21-26(56-22-33(53-54-56)24-10-4-5-11-24)17-34(55)42(63)51-31(16-25-20-48-29-13-7-6-12-27(25)29)40(61)49-30(38(46)59)14-8-9-15-47-36(58)18-28(44)39(60)50-32(19-35(45)57)41(62)52-37;1-2-4-5-3-1;/h4-7,10,12-13,20,22-23,26,28,30-32,34,37,48H,3,8-9,11,14-19,21,44H2,1-2H3,(H2,45,57)(H2,46,59)(H,47,58)(H,49,61)(H,50,60)(H,51,63)(H,52,62);1-4H,5H2;/q;;+2/t23-,26-,28-,30-,31-,32-,34-,37-;;/m0../s1. The van der Waals surface area contributed by atoms with Gasteiger partial charge in [-0.1, -0.05) is 86.2 Å². The zero-order valence-corrected chi connectivity index (χ0v) is 40.4. The predicted octanol–water partition coefficient (Wildman–Crippen LogP) is 0.351. The number of rotatable bonds is 9. The molecule has 3 aromatic rings. The van der Waals surface area contributed by atoms with Gasteiger partial charge in [-0.25, -0.2) is 4.68 Å². The minimum atomic E-state index is -1.57. The van der Waals surface area contributed by atoms with E-state index >= 15 is 0 Å². The molecular weight excluding hydrogens is 942 g/mol. The Morgan fingerprint density at radius 2 is 1.61 bits per heavy atom. The maximum Gasteiger partial charge on any atom is 2.00 e. The number of allylic oxidation sites excluding steroid dienone is 8. The molecule has 1 aromatic carbocycles. The summed E-state index contributed by atoms with van der Waals surface area (Å²) in [6.07, 6.45) is 19.5. The summed E-state index contributed by atoms with van der Waals surface area (Å²) >= 11 is 0. The topological polar surface area (TPSA) is 325 Å². The number of aromatic amines is 1. The van der Waals surface area contributed by atoms with Crippen molar-refractivity contribution < 1.29 is 55.4 Å². The van der Waals surface area contributed by atoms with Crippen molar-refractivity contribution in [3.63, 3.8) is 0 Å². The number of primary amides is 2. The fourth-order valence-electron chi connectivity index (χ4n) is 8.56. The second kappa shape index (κ2) is 25.6.